The quantitative estimate of drug-likeness (QED) is 0.163. The molecule has 4 atom stereocenters. The number of phenolic OH excluding ortho intramolecular Hbond substituents is 1. The molecule has 1 saturated heterocycles. The van der Waals surface area contributed by atoms with E-state index in [1.165, 1.54) is 37.5 Å². The molecule has 2 bridgehead atoms. The van der Waals surface area contributed by atoms with E-state index in [0.29, 0.717) is 5.57 Å². The van der Waals surface area contributed by atoms with Gasteiger partial charge in [0.2, 0.25) is 0 Å². The average Bonchev–Trinajstić information content (AvgIpc) is 3.62. The Morgan fingerprint density at radius 3 is 2.43 bits per heavy atom. The minimum atomic E-state index is -1.60. The summed E-state index contributed by atoms with van der Waals surface area (Å²) < 4.78 is 11.1. The smallest absolute Gasteiger partial charge is 0.330 e. The normalized spacial score (nSPS) is 28.9. The molecule has 2 aliphatic carbocycles. The van der Waals surface area contributed by atoms with Crippen LogP contribution in [0.4, 0.5) is 5.69 Å². The zero-order valence-corrected chi connectivity index (χ0v) is 19.7. The number of aliphatic hydroxyl groups excluding tert-OH is 1. The van der Waals surface area contributed by atoms with E-state index in [1.54, 1.807) is 25.1 Å². The number of allylic oxidation sites excluding steroid dienone is 2. The van der Waals surface area contributed by atoms with Crippen LogP contribution in [0.15, 0.2) is 54.1 Å². The van der Waals surface area contributed by atoms with Crippen molar-refractivity contribution in [1.82, 2.24) is 0 Å². The molecule has 1 fully saturated rings. The lowest BCUT2D eigenvalue weighted by molar-refractivity contribution is -0.134. The number of benzene rings is 2. The van der Waals surface area contributed by atoms with Crippen LogP contribution in [0.1, 0.15) is 44.3 Å². The highest BCUT2D eigenvalue weighted by atomic mass is 16.6. The fraction of sp³-hybridized carbons (Fsp3) is 0.207. The second-order valence-electron chi connectivity index (χ2n) is 9.09. The summed E-state index contributed by atoms with van der Waals surface area (Å²) in [6.45, 7) is 1.64. The molecular formula is C29H19NO7. The van der Waals surface area contributed by atoms with Crippen molar-refractivity contribution in [1.29, 1.82) is 0 Å². The molecule has 0 saturated carbocycles. The molecule has 8 nitrogen and oxygen atoms in total. The van der Waals surface area contributed by atoms with Crippen LogP contribution in [0.25, 0.3) is 0 Å². The van der Waals surface area contributed by atoms with Crippen molar-refractivity contribution in [3.8, 4) is 29.4 Å². The molecule has 0 radical (unpaired) electrons. The van der Waals surface area contributed by atoms with E-state index in [-0.39, 0.29) is 33.5 Å². The summed E-state index contributed by atoms with van der Waals surface area (Å²) in [5.41, 5.74) is -1.94. The van der Waals surface area contributed by atoms with Crippen molar-refractivity contribution in [3.05, 3.63) is 82.0 Å². The lowest BCUT2D eigenvalue weighted by atomic mass is 9.69. The first-order chi connectivity index (χ1) is 17.8. The third-order valence-corrected chi connectivity index (χ3v) is 7.31. The minimum Gasteiger partial charge on any atom is -0.507 e. The van der Waals surface area contributed by atoms with Gasteiger partial charge in [0, 0.05) is 22.8 Å². The van der Waals surface area contributed by atoms with Gasteiger partial charge < -0.3 is 25.0 Å². The molecule has 182 valence electrons. The summed E-state index contributed by atoms with van der Waals surface area (Å²) in [7, 11) is 1.24. The van der Waals surface area contributed by atoms with E-state index in [0.717, 1.165) is 0 Å². The first kappa shape index (κ1) is 22.8. The number of fused-ring (bicyclic) bond motifs is 4. The molecule has 0 amide bonds. The lowest BCUT2D eigenvalue weighted by Crippen LogP contribution is -2.50. The highest BCUT2D eigenvalue weighted by molar-refractivity contribution is 6.31. The van der Waals surface area contributed by atoms with Crippen molar-refractivity contribution < 1.29 is 34.1 Å². The molecule has 0 aromatic heterocycles. The third-order valence-electron chi connectivity index (χ3n) is 7.31. The molecule has 4 aliphatic rings. The maximum atomic E-state index is 13.7. The van der Waals surface area contributed by atoms with Crippen molar-refractivity contribution >= 4 is 23.2 Å². The van der Waals surface area contributed by atoms with E-state index in [2.05, 4.69) is 29.0 Å². The molecule has 2 heterocycles. The number of ether oxygens (including phenoxy) is 2. The molecular weight excluding hydrogens is 474 g/mol. The standard InChI is InChI=1S/C29H19NO7/c1-15(13-22(33)36-2)28-20-11-5-3-4-6-12-21(32)29(28,37-28)18-14-19(31)23-24(25(18)30-20)27(35)17-10-8-7-9-16(17)26(23)34/h3-4,7-10,13-14,20-21,30-32H,1-2H3/b4-3-,15-13+/t20-,21+,28-,29-/m0/s1. The van der Waals surface area contributed by atoms with Gasteiger partial charge in [-0.15, -0.1) is 0 Å². The number of hydrogen-bond acceptors (Lipinski definition) is 8. The number of methoxy groups -OCH3 is 1. The summed E-state index contributed by atoms with van der Waals surface area (Å²) in [4.78, 5) is 39.2. The van der Waals surface area contributed by atoms with Crippen molar-refractivity contribution in [2.75, 3.05) is 12.4 Å². The summed E-state index contributed by atoms with van der Waals surface area (Å²) >= 11 is 0. The van der Waals surface area contributed by atoms with Crippen molar-refractivity contribution in [3.63, 3.8) is 0 Å². The predicted molar refractivity (Wildman–Crippen MR) is 131 cm³/mol. The van der Waals surface area contributed by atoms with E-state index < -0.39 is 46.6 Å². The largest absolute Gasteiger partial charge is 0.507 e. The third kappa shape index (κ3) is 2.80. The molecule has 0 unspecified atom stereocenters. The Labute approximate surface area is 211 Å². The first-order valence-corrected chi connectivity index (χ1v) is 11.5. The molecule has 2 aliphatic heterocycles. The van der Waals surface area contributed by atoms with Gasteiger partial charge >= 0.3 is 5.97 Å². The summed E-state index contributed by atoms with van der Waals surface area (Å²) in [5, 5.41) is 25.7. The van der Waals surface area contributed by atoms with Gasteiger partial charge in [0.25, 0.3) is 0 Å². The van der Waals surface area contributed by atoms with Gasteiger partial charge in [-0.25, -0.2) is 4.79 Å². The number of carbonyl (C=O) groups excluding carboxylic acids is 3. The maximum Gasteiger partial charge on any atom is 0.330 e. The fourth-order valence-corrected chi connectivity index (χ4v) is 5.65. The van der Waals surface area contributed by atoms with Gasteiger partial charge in [0.05, 0.1) is 23.9 Å². The first-order valence-electron chi connectivity index (χ1n) is 11.5. The number of aromatic hydroxyl groups is 1. The summed E-state index contributed by atoms with van der Waals surface area (Å²) in [5.74, 6) is 9.36. The highest BCUT2D eigenvalue weighted by Crippen LogP contribution is 2.68. The minimum absolute atomic E-state index is 0.0312. The SMILES string of the molecule is COC(=O)/C=C(\C)[C@@]12O[C@]13c1cc(O)c4c(c1N[C@H]2C#C/C=C\C#C[C@H]3O)C(=O)c1ccccc1C4=O. The second-order valence-corrected chi connectivity index (χ2v) is 9.09. The van der Waals surface area contributed by atoms with Gasteiger partial charge in [-0.05, 0) is 30.7 Å². The van der Waals surface area contributed by atoms with Crippen LogP contribution in [0.3, 0.4) is 0 Å². The summed E-state index contributed by atoms with van der Waals surface area (Å²) in [6.07, 6.45) is 2.80. The number of rotatable bonds is 2. The van der Waals surface area contributed by atoms with E-state index in [4.69, 9.17) is 9.47 Å². The monoisotopic (exact) mass is 493 g/mol. The number of hydrogen-bond donors (Lipinski definition) is 3. The zero-order chi connectivity index (χ0) is 26.1. The van der Waals surface area contributed by atoms with Crippen LogP contribution in [0.2, 0.25) is 0 Å². The number of phenols is 1. The van der Waals surface area contributed by atoms with Crippen molar-refractivity contribution in [2.24, 2.45) is 0 Å². The number of esters is 1. The molecule has 2 aromatic rings. The Morgan fingerprint density at radius 2 is 1.76 bits per heavy atom. The van der Waals surface area contributed by atoms with Crippen LogP contribution in [0.5, 0.6) is 5.75 Å². The topological polar surface area (TPSA) is 125 Å². The van der Waals surface area contributed by atoms with Gasteiger partial charge in [0.1, 0.15) is 11.8 Å². The number of carbonyl (C=O) groups is 3. The second kappa shape index (κ2) is 7.68. The van der Waals surface area contributed by atoms with E-state index >= 15 is 0 Å². The molecule has 37 heavy (non-hydrogen) atoms. The van der Waals surface area contributed by atoms with E-state index in [9.17, 15) is 24.6 Å². The molecule has 8 heteroatoms. The molecule has 6 rings (SSSR count). The van der Waals surface area contributed by atoms with Crippen molar-refractivity contribution in [2.45, 2.75) is 30.3 Å². The lowest BCUT2D eigenvalue weighted by Gasteiger charge is -2.37. The Hall–Kier alpha value is -4.63. The Bertz CT molecular complexity index is 1640. The van der Waals surface area contributed by atoms with Crippen LogP contribution >= 0.6 is 0 Å². The van der Waals surface area contributed by atoms with Crippen LogP contribution in [-0.2, 0) is 19.9 Å². The summed E-state index contributed by atoms with van der Waals surface area (Å²) in [6, 6.07) is 6.83. The van der Waals surface area contributed by atoms with Gasteiger partial charge in [-0.2, -0.15) is 0 Å². The Balaban J connectivity index is 1.67. The van der Waals surface area contributed by atoms with E-state index in [1.807, 2.05) is 0 Å². The van der Waals surface area contributed by atoms with Crippen LogP contribution in [-0.4, -0.2) is 52.6 Å². The van der Waals surface area contributed by atoms with Crippen LogP contribution < -0.4 is 5.32 Å². The number of epoxide rings is 1. The van der Waals surface area contributed by atoms with Crippen LogP contribution in [0, 0.1) is 23.7 Å². The number of aliphatic hydroxyl groups is 1. The zero-order valence-electron chi connectivity index (χ0n) is 19.7. The maximum absolute atomic E-state index is 13.7. The average molecular weight is 493 g/mol. The Kier molecular flexibility index (Phi) is 4.74. The predicted octanol–water partition coefficient (Wildman–Crippen LogP) is 1.98. The molecule has 0 spiro atoms. The number of nitrogens with one attached hydrogen (secondary N) is 1. The highest BCUT2D eigenvalue weighted by Gasteiger charge is 2.81. The number of anilines is 1. The fourth-order valence-electron chi connectivity index (χ4n) is 5.65. The number of ketones is 2. The van der Waals surface area contributed by atoms with Gasteiger partial charge in [0.15, 0.2) is 28.9 Å². The molecule has 2 aromatic carbocycles. The van der Waals surface area contributed by atoms with Gasteiger partial charge in [-0.1, -0.05) is 47.9 Å². The van der Waals surface area contributed by atoms with Gasteiger partial charge in [-0.3, -0.25) is 9.59 Å². The Morgan fingerprint density at radius 1 is 1.11 bits per heavy atom. The molecule has 3 N–H and O–H groups in total.